The predicted molar refractivity (Wildman–Crippen MR) is 118 cm³/mol. The monoisotopic (exact) mass is 398 g/mol. The lowest BCUT2D eigenvalue weighted by Crippen LogP contribution is -2.38. The van der Waals surface area contributed by atoms with Crippen LogP contribution in [0.2, 0.25) is 0 Å². The summed E-state index contributed by atoms with van der Waals surface area (Å²) in [5, 5.41) is 10.9. The smallest absolute Gasteiger partial charge is 0.338 e. The maximum Gasteiger partial charge on any atom is 0.338 e. The molecule has 0 fully saturated rings. The second-order valence-corrected chi connectivity index (χ2v) is 7.82. The number of carbonyl (C=O) groups is 1. The Hall–Kier alpha value is -3.33. The largest absolute Gasteiger partial charge is 0.512 e. The summed E-state index contributed by atoms with van der Waals surface area (Å²) in [5.41, 5.74) is 2.78. The number of ether oxygens (including phenoxy) is 1. The van der Waals surface area contributed by atoms with E-state index in [9.17, 15) is 9.90 Å². The molecule has 0 saturated carbocycles. The number of cyclic esters (lactones) is 1. The van der Waals surface area contributed by atoms with Gasteiger partial charge in [0, 0.05) is 6.42 Å². The Kier molecular flexibility index (Phi) is 5.99. The van der Waals surface area contributed by atoms with Gasteiger partial charge in [-0.2, -0.15) is 0 Å². The number of rotatable bonds is 7. The molecule has 1 unspecified atom stereocenters. The lowest BCUT2D eigenvalue weighted by atomic mass is 9.81. The second-order valence-electron chi connectivity index (χ2n) is 7.82. The van der Waals surface area contributed by atoms with Crippen LogP contribution in [0.1, 0.15) is 36.0 Å². The molecule has 0 spiro atoms. The molecule has 3 nitrogen and oxygen atoms in total. The average molecular weight is 399 g/mol. The Labute approximate surface area is 177 Å². The van der Waals surface area contributed by atoms with Crippen LogP contribution in [0.25, 0.3) is 0 Å². The van der Waals surface area contributed by atoms with Crippen molar-refractivity contribution in [2.24, 2.45) is 0 Å². The van der Waals surface area contributed by atoms with E-state index < -0.39 is 11.6 Å². The summed E-state index contributed by atoms with van der Waals surface area (Å²) in [6.07, 6.45) is 2.84. The number of aliphatic hydroxyl groups excluding tert-OH is 1. The van der Waals surface area contributed by atoms with Crippen LogP contribution in [-0.4, -0.2) is 11.1 Å². The van der Waals surface area contributed by atoms with E-state index >= 15 is 0 Å². The van der Waals surface area contributed by atoms with E-state index in [0.717, 1.165) is 17.5 Å². The van der Waals surface area contributed by atoms with Crippen molar-refractivity contribution in [1.29, 1.82) is 0 Å². The molecule has 0 saturated heterocycles. The molecule has 0 amide bonds. The van der Waals surface area contributed by atoms with Crippen molar-refractivity contribution in [3.63, 3.8) is 0 Å². The number of esters is 1. The van der Waals surface area contributed by atoms with E-state index in [-0.39, 0.29) is 5.76 Å². The first-order valence-corrected chi connectivity index (χ1v) is 10.4. The lowest BCUT2D eigenvalue weighted by Gasteiger charge is -2.38. The molecule has 4 rings (SSSR count). The molecule has 0 bridgehead atoms. The highest BCUT2D eigenvalue weighted by atomic mass is 16.6. The molecule has 0 aromatic heterocycles. The SMILES string of the molecule is O=C1OC(CCc2ccccc2)(c2ccccc2)CC(O)=C1CCc1ccccc1. The van der Waals surface area contributed by atoms with Crippen LogP contribution in [-0.2, 0) is 28.0 Å². The van der Waals surface area contributed by atoms with Crippen LogP contribution in [0, 0.1) is 0 Å². The number of benzene rings is 3. The number of hydrogen-bond acceptors (Lipinski definition) is 3. The fraction of sp³-hybridized carbons (Fsp3) is 0.222. The third-order valence-electron chi connectivity index (χ3n) is 5.80. The minimum absolute atomic E-state index is 0.152. The maximum absolute atomic E-state index is 13.0. The molecule has 152 valence electrons. The highest BCUT2D eigenvalue weighted by Crippen LogP contribution is 2.42. The fourth-order valence-corrected chi connectivity index (χ4v) is 4.11. The highest BCUT2D eigenvalue weighted by molar-refractivity contribution is 5.90. The average Bonchev–Trinajstić information content (AvgIpc) is 2.79. The molecular weight excluding hydrogens is 372 g/mol. The number of aryl methyl sites for hydroxylation is 2. The van der Waals surface area contributed by atoms with Crippen molar-refractivity contribution in [3.05, 3.63) is 119 Å². The van der Waals surface area contributed by atoms with Crippen LogP contribution >= 0.6 is 0 Å². The zero-order chi connectivity index (χ0) is 20.8. The first-order chi connectivity index (χ1) is 14.7. The van der Waals surface area contributed by atoms with Crippen molar-refractivity contribution in [1.82, 2.24) is 0 Å². The van der Waals surface area contributed by atoms with E-state index in [2.05, 4.69) is 12.1 Å². The third-order valence-corrected chi connectivity index (χ3v) is 5.80. The van der Waals surface area contributed by atoms with Gasteiger partial charge in [-0.3, -0.25) is 0 Å². The fourth-order valence-electron chi connectivity index (χ4n) is 4.11. The molecule has 1 heterocycles. The maximum atomic E-state index is 13.0. The zero-order valence-electron chi connectivity index (χ0n) is 17.0. The van der Waals surface area contributed by atoms with Gasteiger partial charge in [0.05, 0.1) is 5.57 Å². The van der Waals surface area contributed by atoms with Crippen LogP contribution in [0.5, 0.6) is 0 Å². The minimum Gasteiger partial charge on any atom is -0.512 e. The van der Waals surface area contributed by atoms with Crippen molar-refractivity contribution in [2.75, 3.05) is 0 Å². The zero-order valence-corrected chi connectivity index (χ0v) is 17.0. The van der Waals surface area contributed by atoms with Gasteiger partial charge >= 0.3 is 5.97 Å². The molecule has 0 aliphatic carbocycles. The topological polar surface area (TPSA) is 46.5 Å². The summed E-state index contributed by atoms with van der Waals surface area (Å²) in [5.74, 6) is -0.259. The van der Waals surface area contributed by atoms with E-state index in [4.69, 9.17) is 4.74 Å². The summed E-state index contributed by atoms with van der Waals surface area (Å²) in [6.45, 7) is 0. The molecule has 1 N–H and O–H groups in total. The van der Waals surface area contributed by atoms with Crippen LogP contribution in [0.15, 0.2) is 102 Å². The van der Waals surface area contributed by atoms with Gasteiger partial charge in [0.1, 0.15) is 11.4 Å². The van der Waals surface area contributed by atoms with E-state index in [0.29, 0.717) is 31.3 Å². The van der Waals surface area contributed by atoms with E-state index in [1.165, 1.54) is 5.56 Å². The minimum atomic E-state index is -0.853. The Morgan fingerprint density at radius 2 is 1.27 bits per heavy atom. The van der Waals surface area contributed by atoms with E-state index in [1.54, 1.807) is 0 Å². The first kappa shape index (κ1) is 20.0. The summed E-state index contributed by atoms with van der Waals surface area (Å²) < 4.78 is 6.10. The van der Waals surface area contributed by atoms with Crippen LogP contribution < -0.4 is 0 Å². The second kappa shape index (κ2) is 9.00. The normalized spacial score (nSPS) is 18.9. The van der Waals surface area contributed by atoms with Crippen LogP contribution in [0.3, 0.4) is 0 Å². The van der Waals surface area contributed by atoms with Gasteiger partial charge in [-0.05, 0) is 42.4 Å². The van der Waals surface area contributed by atoms with Crippen LogP contribution in [0.4, 0.5) is 0 Å². The van der Waals surface area contributed by atoms with Crippen molar-refractivity contribution < 1.29 is 14.6 Å². The summed E-state index contributed by atoms with van der Waals surface area (Å²) >= 11 is 0. The van der Waals surface area contributed by atoms with Gasteiger partial charge in [0.15, 0.2) is 0 Å². The van der Waals surface area contributed by atoms with Gasteiger partial charge in [-0.1, -0.05) is 91.0 Å². The summed E-state index contributed by atoms with van der Waals surface area (Å²) in [4.78, 5) is 13.0. The van der Waals surface area contributed by atoms with Gasteiger partial charge in [-0.15, -0.1) is 0 Å². The molecule has 3 aromatic rings. The molecule has 1 aliphatic rings. The standard InChI is InChI=1S/C27H26O3/c28-25-20-27(23-14-8-3-9-15-23,19-18-22-12-6-2-7-13-22)30-26(29)24(25)17-16-21-10-4-1-5-11-21/h1-15,28H,16-20H2. The molecule has 3 heteroatoms. The van der Waals surface area contributed by atoms with Gasteiger partial charge in [-0.25, -0.2) is 4.79 Å². The van der Waals surface area contributed by atoms with Gasteiger partial charge in [0.2, 0.25) is 0 Å². The molecule has 30 heavy (non-hydrogen) atoms. The molecule has 0 radical (unpaired) electrons. The Morgan fingerprint density at radius 1 is 0.733 bits per heavy atom. The Morgan fingerprint density at radius 3 is 1.83 bits per heavy atom. The molecule has 3 aromatic carbocycles. The van der Waals surface area contributed by atoms with Crippen molar-refractivity contribution in [2.45, 2.75) is 37.7 Å². The molecule has 1 atom stereocenters. The first-order valence-electron chi connectivity index (χ1n) is 10.4. The van der Waals surface area contributed by atoms with Crippen molar-refractivity contribution in [3.8, 4) is 0 Å². The number of hydrogen-bond donors (Lipinski definition) is 1. The quantitative estimate of drug-likeness (QED) is 0.504. The Bertz CT molecular complexity index is 1010. The van der Waals surface area contributed by atoms with Crippen molar-refractivity contribution >= 4 is 5.97 Å². The van der Waals surface area contributed by atoms with Gasteiger partial charge in [0.25, 0.3) is 0 Å². The third kappa shape index (κ3) is 4.46. The summed E-state index contributed by atoms with van der Waals surface area (Å²) in [7, 11) is 0. The van der Waals surface area contributed by atoms with E-state index in [1.807, 2.05) is 78.9 Å². The van der Waals surface area contributed by atoms with Gasteiger partial charge < -0.3 is 9.84 Å². The highest BCUT2D eigenvalue weighted by Gasteiger charge is 2.42. The molecule has 1 aliphatic heterocycles. The number of carbonyl (C=O) groups excluding carboxylic acids is 1. The molecular formula is C27H26O3. The predicted octanol–water partition coefficient (Wildman–Crippen LogP) is 5.91. The summed E-state index contributed by atoms with van der Waals surface area (Å²) in [6, 6.07) is 29.9. The lowest BCUT2D eigenvalue weighted by molar-refractivity contribution is -0.161. The number of aliphatic hydroxyl groups is 1. The Balaban J connectivity index is 1.58.